The first-order valence-electron chi connectivity index (χ1n) is 7.71. The maximum Gasteiger partial charge on any atom is 0.261 e. The molecule has 0 saturated heterocycles. The highest BCUT2D eigenvalue weighted by molar-refractivity contribution is 8.01. The molecule has 132 valence electrons. The van der Waals surface area contributed by atoms with Crippen molar-refractivity contribution in [3.63, 3.8) is 0 Å². The zero-order valence-electron chi connectivity index (χ0n) is 13.8. The molecule has 1 aliphatic heterocycles. The van der Waals surface area contributed by atoms with Crippen LogP contribution in [0.5, 0.6) is 5.75 Å². The Morgan fingerprint density at radius 3 is 2.76 bits per heavy atom. The molecule has 2 aromatic carbocycles. The molecule has 1 amide bonds. The number of carbonyl (C=O) groups excluding carboxylic acids is 1. The van der Waals surface area contributed by atoms with Gasteiger partial charge in [0.05, 0.1) is 28.6 Å². The minimum atomic E-state index is -3.77. The molecule has 1 atom stereocenters. The van der Waals surface area contributed by atoms with E-state index in [9.17, 15) is 13.2 Å². The molecule has 8 heteroatoms. The predicted octanol–water partition coefficient (Wildman–Crippen LogP) is 3.32. The molecule has 6 nitrogen and oxygen atoms in total. The topological polar surface area (TPSA) is 84.5 Å². The van der Waals surface area contributed by atoms with E-state index in [2.05, 4.69) is 10.0 Å². The Morgan fingerprint density at radius 1 is 1.24 bits per heavy atom. The first-order valence-corrected chi connectivity index (χ1v) is 10.1. The normalized spacial score (nSPS) is 16.7. The van der Waals surface area contributed by atoms with Gasteiger partial charge >= 0.3 is 0 Å². The van der Waals surface area contributed by atoms with Gasteiger partial charge in [0, 0.05) is 11.0 Å². The fourth-order valence-corrected chi connectivity index (χ4v) is 4.56. The second kappa shape index (κ2) is 6.97. The number of ether oxygens (including phenoxy) is 1. The van der Waals surface area contributed by atoms with Crippen molar-refractivity contribution in [1.29, 1.82) is 0 Å². The summed E-state index contributed by atoms with van der Waals surface area (Å²) in [6.07, 6.45) is 0.716. The Bertz CT molecular complexity index is 913. The maximum atomic E-state index is 12.6. The Balaban J connectivity index is 1.88. The SMILES string of the molecule is CCC1Sc2ccc(S(=O)(=O)Nc3cccc(OC)c3)cc2NC1=O. The predicted molar refractivity (Wildman–Crippen MR) is 98.8 cm³/mol. The number of nitrogens with one attached hydrogen (secondary N) is 2. The van der Waals surface area contributed by atoms with Gasteiger partial charge in [-0.1, -0.05) is 13.0 Å². The van der Waals surface area contributed by atoms with E-state index in [0.717, 1.165) is 4.90 Å². The number of benzene rings is 2. The third-order valence-corrected chi connectivity index (χ3v) is 6.59. The molecule has 0 radical (unpaired) electrons. The fraction of sp³-hybridized carbons (Fsp3) is 0.235. The van der Waals surface area contributed by atoms with E-state index in [1.54, 1.807) is 36.4 Å². The molecule has 2 aromatic rings. The third kappa shape index (κ3) is 3.74. The van der Waals surface area contributed by atoms with E-state index in [4.69, 9.17) is 4.74 Å². The highest BCUT2D eigenvalue weighted by Crippen LogP contribution is 2.38. The second-order valence-corrected chi connectivity index (χ2v) is 8.43. The van der Waals surface area contributed by atoms with Crippen molar-refractivity contribution in [2.75, 3.05) is 17.1 Å². The van der Waals surface area contributed by atoms with Gasteiger partial charge in [-0.2, -0.15) is 0 Å². The third-order valence-electron chi connectivity index (χ3n) is 3.77. The van der Waals surface area contributed by atoms with Crippen molar-refractivity contribution in [1.82, 2.24) is 0 Å². The number of anilines is 2. The number of rotatable bonds is 5. The zero-order valence-corrected chi connectivity index (χ0v) is 15.4. The van der Waals surface area contributed by atoms with Gasteiger partial charge in [0.25, 0.3) is 10.0 Å². The van der Waals surface area contributed by atoms with Gasteiger partial charge in [-0.25, -0.2) is 8.42 Å². The van der Waals surface area contributed by atoms with Gasteiger partial charge in [-0.3, -0.25) is 9.52 Å². The molecule has 1 unspecified atom stereocenters. The molecule has 0 bridgehead atoms. The lowest BCUT2D eigenvalue weighted by atomic mass is 10.2. The van der Waals surface area contributed by atoms with E-state index in [1.165, 1.54) is 24.9 Å². The summed E-state index contributed by atoms with van der Waals surface area (Å²) in [5.74, 6) is 0.454. The fourth-order valence-electron chi connectivity index (χ4n) is 2.47. The van der Waals surface area contributed by atoms with E-state index in [0.29, 0.717) is 23.5 Å². The molecule has 0 spiro atoms. The Hall–Kier alpha value is -2.19. The summed E-state index contributed by atoms with van der Waals surface area (Å²) in [6, 6.07) is 11.4. The molecule has 0 saturated carbocycles. The quantitative estimate of drug-likeness (QED) is 0.834. The number of fused-ring (bicyclic) bond motifs is 1. The number of carbonyl (C=O) groups is 1. The molecular weight excluding hydrogens is 360 g/mol. The van der Waals surface area contributed by atoms with Crippen molar-refractivity contribution < 1.29 is 17.9 Å². The van der Waals surface area contributed by atoms with E-state index in [1.807, 2.05) is 6.92 Å². The number of methoxy groups -OCH3 is 1. The van der Waals surface area contributed by atoms with E-state index >= 15 is 0 Å². The largest absolute Gasteiger partial charge is 0.497 e. The Kier molecular flexibility index (Phi) is 4.91. The minimum absolute atomic E-state index is 0.0879. The lowest BCUT2D eigenvalue weighted by Gasteiger charge is -2.23. The maximum absolute atomic E-state index is 12.6. The van der Waals surface area contributed by atoms with Crippen molar-refractivity contribution in [3.05, 3.63) is 42.5 Å². The van der Waals surface area contributed by atoms with Gasteiger partial charge in [0.1, 0.15) is 5.75 Å². The van der Waals surface area contributed by atoms with Gasteiger partial charge < -0.3 is 10.1 Å². The van der Waals surface area contributed by atoms with Crippen LogP contribution in [0.1, 0.15) is 13.3 Å². The monoisotopic (exact) mass is 378 g/mol. The van der Waals surface area contributed by atoms with Crippen molar-refractivity contribution >= 4 is 39.1 Å². The number of amides is 1. The first-order chi connectivity index (χ1) is 11.9. The lowest BCUT2D eigenvalue weighted by molar-refractivity contribution is -0.115. The van der Waals surface area contributed by atoms with Crippen LogP contribution in [-0.4, -0.2) is 26.7 Å². The summed E-state index contributed by atoms with van der Waals surface area (Å²) in [7, 11) is -2.26. The summed E-state index contributed by atoms with van der Waals surface area (Å²) in [4.78, 5) is 13.0. The number of sulfonamides is 1. The number of hydrogen-bond donors (Lipinski definition) is 2. The summed E-state index contributed by atoms with van der Waals surface area (Å²) in [5, 5.41) is 2.64. The van der Waals surface area contributed by atoms with Gasteiger partial charge in [0.15, 0.2) is 0 Å². The average Bonchev–Trinajstić information content (AvgIpc) is 2.60. The van der Waals surface area contributed by atoms with Gasteiger partial charge in [-0.05, 0) is 36.8 Å². The highest BCUT2D eigenvalue weighted by Gasteiger charge is 2.27. The van der Waals surface area contributed by atoms with Crippen molar-refractivity contribution in [2.24, 2.45) is 0 Å². The molecule has 0 aromatic heterocycles. The molecule has 1 aliphatic rings. The number of hydrogen-bond acceptors (Lipinski definition) is 5. The van der Waals surface area contributed by atoms with Gasteiger partial charge in [-0.15, -0.1) is 11.8 Å². The molecule has 1 heterocycles. The molecule has 0 fully saturated rings. The first kappa shape index (κ1) is 17.6. The smallest absolute Gasteiger partial charge is 0.261 e. The highest BCUT2D eigenvalue weighted by atomic mass is 32.2. The van der Waals surface area contributed by atoms with Crippen LogP contribution in [0.2, 0.25) is 0 Å². The van der Waals surface area contributed by atoms with Gasteiger partial charge in [0.2, 0.25) is 5.91 Å². The summed E-state index contributed by atoms with van der Waals surface area (Å²) in [6.45, 7) is 1.94. The lowest BCUT2D eigenvalue weighted by Crippen LogP contribution is -2.28. The van der Waals surface area contributed by atoms with E-state index < -0.39 is 10.0 Å². The van der Waals surface area contributed by atoms with Crippen LogP contribution in [0.3, 0.4) is 0 Å². The van der Waals surface area contributed by atoms with Crippen LogP contribution < -0.4 is 14.8 Å². The molecule has 0 aliphatic carbocycles. The molecule has 2 N–H and O–H groups in total. The van der Waals surface area contributed by atoms with Crippen molar-refractivity contribution in [2.45, 2.75) is 28.4 Å². The minimum Gasteiger partial charge on any atom is -0.497 e. The van der Waals surface area contributed by atoms with Crippen LogP contribution in [0, 0.1) is 0 Å². The summed E-state index contributed by atoms with van der Waals surface area (Å²) >= 11 is 1.45. The zero-order chi connectivity index (χ0) is 18.0. The Labute approximate surface area is 151 Å². The van der Waals surface area contributed by atoms with Crippen LogP contribution in [-0.2, 0) is 14.8 Å². The van der Waals surface area contributed by atoms with Crippen LogP contribution >= 0.6 is 11.8 Å². The molecule has 3 rings (SSSR count). The van der Waals surface area contributed by atoms with Crippen LogP contribution in [0.4, 0.5) is 11.4 Å². The van der Waals surface area contributed by atoms with E-state index in [-0.39, 0.29) is 16.1 Å². The molecule has 25 heavy (non-hydrogen) atoms. The number of thioether (sulfide) groups is 1. The summed E-state index contributed by atoms with van der Waals surface area (Å²) < 4.78 is 32.9. The second-order valence-electron chi connectivity index (χ2n) is 5.50. The summed E-state index contributed by atoms with van der Waals surface area (Å²) in [5.41, 5.74) is 0.926. The standard InChI is InChI=1S/C17H18N2O4S2/c1-3-15-17(20)18-14-10-13(7-8-16(14)24-15)25(21,22)19-11-5-4-6-12(9-11)23-2/h4-10,15,19H,3H2,1-2H3,(H,18,20). The molecular formula is C17H18N2O4S2. The van der Waals surface area contributed by atoms with Crippen molar-refractivity contribution in [3.8, 4) is 5.75 Å². The van der Waals surface area contributed by atoms with Crippen LogP contribution in [0.25, 0.3) is 0 Å². The van der Waals surface area contributed by atoms with Crippen LogP contribution in [0.15, 0.2) is 52.3 Å². The average molecular weight is 378 g/mol. The Morgan fingerprint density at radius 2 is 2.04 bits per heavy atom.